The Morgan fingerprint density at radius 2 is 1.79 bits per heavy atom. The number of carbonyl (C=O) groups is 3. The second kappa shape index (κ2) is 8.75. The van der Waals surface area contributed by atoms with E-state index in [9.17, 15) is 14.4 Å². The van der Waals surface area contributed by atoms with Gasteiger partial charge in [-0.25, -0.2) is 14.8 Å². The van der Waals surface area contributed by atoms with Crippen molar-refractivity contribution >= 4 is 35.0 Å². The van der Waals surface area contributed by atoms with Crippen molar-refractivity contribution in [3.63, 3.8) is 0 Å². The highest BCUT2D eigenvalue weighted by Crippen LogP contribution is 2.18. The zero-order valence-electron chi connectivity index (χ0n) is 15.8. The van der Waals surface area contributed by atoms with Crippen molar-refractivity contribution < 1.29 is 19.1 Å². The number of nitrogens with one attached hydrogen (secondary N) is 2. The summed E-state index contributed by atoms with van der Waals surface area (Å²) >= 11 is 0. The Morgan fingerprint density at radius 3 is 2.55 bits per heavy atom. The van der Waals surface area contributed by atoms with Gasteiger partial charge in [0.1, 0.15) is 5.69 Å². The van der Waals surface area contributed by atoms with E-state index < -0.39 is 11.9 Å². The van der Waals surface area contributed by atoms with Crippen LogP contribution in [0.1, 0.15) is 38.1 Å². The fraction of sp³-hybridized carbons (Fsp3) is 0.0952. The topological polar surface area (TPSA) is 110 Å². The molecular formula is C21H18N4O4. The van der Waals surface area contributed by atoms with Crippen LogP contribution in [0.4, 0.5) is 17.3 Å². The van der Waals surface area contributed by atoms with E-state index in [1.165, 1.54) is 26.3 Å². The summed E-state index contributed by atoms with van der Waals surface area (Å²) in [7, 11) is 1.27. The molecule has 0 unspecified atom stereocenters. The highest BCUT2D eigenvalue weighted by molar-refractivity contribution is 6.07. The number of benzene rings is 2. The third-order valence-corrected chi connectivity index (χ3v) is 3.99. The Morgan fingerprint density at radius 1 is 1.00 bits per heavy atom. The van der Waals surface area contributed by atoms with Crippen LogP contribution in [0.2, 0.25) is 0 Å². The maximum atomic E-state index is 12.6. The standard InChI is InChI=1S/C21H18N4O4/c1-13(26)14-6-5-7-15(12-14)23-21-22-11-10-18(25-21)19(27)24-17-9-4-3-8-16(17)20(28)29-2/h3-12H,1-2H3,(H,24,27)(H,22,23,25). The molecule has 0 atom stereocenters. The number of aromatic nitrogens is 2. The molecule has 0 saturated heterocycles. The van der Waals surface area contributed by atoms with Crippen molar-refractivity contribution in [1.29, 1.82) is 0 Å². The van der Waals surface area contributed by atoms with Crippen LogP contribution in [0.3, 0.4) is 0 Å². The maximum absolute atomic E-state index is 12.6. The lowest BCUT2D eigenvalue weighted by Crippen LogP contribution is -2.17. The number of anilines is 3. The number of amides is 1. The summed E-state index contributed by atoms with van der Waals surface area (Å²) in [6, 6.07) is 14.8. The highest BCUT2D eigenvalue weighted by atomic mass is 16.5. The van der Waals surface area contributed by atoms with E-state index in [1.54, 1.807) is 48.5 Å². The Balaban J connectivity index is 1.79. The number of nitrogens with zero attached hydrogens (tertiary/aromatic N) is 2. The minimum atomic E-state index is -0.559. The minimum absolute atomic E-state index is 0.0630. The molecular weight excluding hydrogens is 372 g/mol. The number of esters is 1. The minimum Gasteiger partial charge on any atom is -0.465 e. The summed E-state index contributed by atoms with van der Waals surface area (Å²) in [6.45, 7) is 1.48. The normalized spacial score (nSPS) is 10.1. The molecule has 146 valence electrons. The van der Waals surface area contributed by atoms with Crippen LogP contribution in [0.5, 0.6) is 0 Å². The third-order valence-electron chi connectivity index (χ3n) is 3.99. The lowest BCUT2D eigenvalue weighted by Gasteiger charge is -2.10. The van der Waals surface area contributed by atoms with Gasteiger partial charge in [-0.3, -0.25) is 9.59 Å². The number of ether oxygens (including phenoxy) is 1. The van der Waals surface area contributed by atoms with E-state index in [0.29, 0.717) is 16.9 Å². The summed E-state index contributed by atoms with van der Waals surface area (Å²) in [5.41, 5.74) is 1.81. The van der Waals surface area contributed by atoms with Crippen molar-refractivity contribution in [2.75, 3.05) is 17.7 Å². The average molecular weight is 390 g/mol. The lowest BCUT2D eigenvalue weighted by atomic mass is 10.1. The number of ketones is 1. The number of rotatable bonds is 6. The average Bonchev–Trinajstić information content (AvgIpc) is 2.74. The first-order valence-electron chi connectivity index (χ1n) is 8.67. The van der Waals surface area contributed by atoms with Gasteiger partial charge < -0.3 is 15.4 Å². The first-order valence-corrected chi connectivity index (χ1v) is 8.67. The molecule has 0 radical (unpaired) electrons. The quantitative estimate of drug-likeness (QED) is 0.490. The van der Waals surface area contributed by atoms with E-state index in [-0.39, 0.29) is 23.0 Å². The number of carbonyl (C=O) groups excluding carboxylic acids is 3. The van der Waals surface area contributed by atoms with E-state index in [1.807, 2.05) is 0 Å². The zero-order valence-corrected chi connectivity index (χ0v) is 15.8. The fourth-order valence-corrected chi connectivity index (χ4v) is 2.56. The van der Waals surface area contributed by atoms with Gasteiger partial charge in [0.2, 0.25) is 5.95 Å². The smallest absolute Gasteiger partial charge is 0.339 e. The Hall–Kier alpha value is -4.07. The third kappa shape index (κ3) is 4.81. The number of hydrogen-bond acceptors (Lipinski definition) is 7. The van der Waals surface area contributed by atoms with Crippen LogP contribution >= 0.6 is 0 Å². The summed E-state index contributed by atoms with van der Waals surface area (Å²) in [6.07, 6.45) is 1.44. The van der Waals surface area contributed by atoms with Gasteiger partial charge in [0.15, 0.2) is 5.78 Å². The molecule has 0 aliphatic rings. The van der Waals surface area contributed by atoms with Crippen molar-refractivity contribution in [2.45, 2.75) is 6.92 Å². The zero-order chi connectivity index (χ0) is 20.8. The Bertz CT molecular complexity index is 1080. The van der Waals surface area contributed by atoms with Crippen molar-refractivity contribution in [3.8, 4) is 0 Å². The molecule has 2 N–H and O–H groups in total. The summed E-state index contributed by atoms with van der Waals surface area (Å²) in [4.78, 5) is 44.3. The van der Waals surface area contributed by atoms with Crippen molar-refractivity contribution in [2.24, 2.45) is 0 Å². The van der Waals surface area contributed by atoms with Gasteiger partial charge in [0.05, 0.1) is 18.4 Å². The molecule has 0 aliphatic carbocycles. The fourth-order valence-electron chi connectivity index (χ4n) is 2.56. The van der Waals surface area contributed by atoms with E-state index in [2.05, 4.69) is 20.6 Å². The Labute approximate surface area is 167 Å². The molecule has 0 bridgehead atoms. The molecule has 29 heavy (non-hydrogen) atoms. The van der Waals surface area contributed by atoms with Gasteiger partial charge in [-0.15, -0.1) is 0 Å². The van der Waals surface area contributed by atoms with Crippen LogP contribution in [-0.2, 0) is 4.74 Å². The van der Waals surface area contributed by atoms with Gasteiger partial charge in [-0.2, -0.15) is 0 Å². The predicted molar refractivity (Wildman–Crippen MR) is 107 cm³/mol. The van der Waals surface area contributed by atoms with Crippen molar-refractivity contribution in [1.82, 2.24) is 9.97 Å². The predicted octanol–water partition coefficient (Wildman–Crippen LogP) is 3.46. The molecule has 8 nitrogen and oxygen atoms in total. The summed E-state index contributed by atoms with van der Waals surface area (Å²) in [5.74, 6) is -0.938. The van der Waals surface area contributed by atoms with Gasteiger partial charge in [-0.05, 0) is 37.3 Å². The number of hydrogen-bond donors (Lipinski definition) is 2. The molecule has 1 heterocycles. The monoisotopic (exact) mass is 390 g/mol. The van der Waals surface area contributed by atoms with E-state index in [4.69, 9.17) is 4.74 Å². The molecule has 1 aromatic heterocycles. The number of methoxy groups -OCH3 is 1. The Kier molecular flexibility index (Phi) is 5.94. The maximum Gasteiger partial charge on any atom is 0.339 e. The van der Waals surface area contributed by atoms with E-state index in [0.717, 1.165) is 0 Å². The molecule has 0 aliphatic heterocycles. The SMILES string of the molecule is COC(=O)c1ccccc1NC(=O)c1ccnc(Nc2cccc(C(C)=O)c2)n1. The summed E-state index contributed by atoms with van der Waals surface area (Å²) < 4.78 is 4.73. The second-order valence-corrected chi connectivity index (χ2v) is 6.02. The molecule has 8 heteroatoms. The van der Waals surface area contributed by atoms with Gasteiger partial charge in [-0.1, -0.05) is 24.3 Å². The second-order valence-electron chi connectivity index (χ2n) is 6.02. The van der Waals surface area contributed by atoms with Gasteiger partial charge in [0, 0.05) is 17.4 Å². The van der Waals surface area contributed by atoms with Crippen LogP contribution in [0, 0.1) is 0 Å². The highest BCUT2D eigenvalue weighted by Gasteiger charge is 2.15. The molecule has 1 amide bonds. The van der Waals surface area contributed by atoms with Crippen LogP contribution in [0.15, 0.2) is 60.8 Å². The molecule has 0 saturated carbocycles. The summed E-state index contributed by atoms with van der Waals surface area (Å²) in [5, 5.41) is 5.62. The van der Waals surface area contributed by atoms with Crippen LogP contribution in [0.25, 0.3) is 0 Å². The first kappa shape index (κ1) is 19.7. The van der Waals surface area contributed by atoms with Crippen molar-refractivity contribution in [3.05, 3.63) is 77.6 Å². The number of para-hydroxylation sites is 1. The molecule has 2 aromatic carbocycles. The first-order chi connectivity index (χ1) is 14.0. The molecule has 0 fully saturated rings. The molecule has 3 aromatic rings. The van der Waals surface area contributed by atoms with Crippen LogP contribution in [-0.4, -0.2) is 34.7 Å². The van der Waals surface area contributed by atoms with Crippen LogP contribution < -0.4 is 10.6 Å². The lowest BCUT2D eigenvalue weighted by molar-refractivity contribution is 0.0601. The van der Waals surface area contributed by atoms with Gasteiger partial charge in [0.25, 0.3) is 5.91 Å². The van der Waals surface area contributed by atoms with E-state index >= 15 is 0 Å². The van der Waals surface area contributed by atoms with Gasteiger partial charge >= 0.3 is 5.97 Å². The molecule has 3 rings (SSSR count). The number of Topliss-reactive ketones (excluding diaryl/α,β-unsaturated/α-hetero) is 1. The molecule has 0 spiro atoms. The largest absolute Gasteiger partial charge is 0.465 e.